The number of benzene rings is 1. The molecule has 1 heterocycles. The van der Waals surface area contributed by atoms with E-state index in [1.807, 2.05) is 0 Å². The zero-order chi connectivity index (χ0) is 14.7. The molecule has 0 aromatic heterocycles. The Bertz CT molecular complexity index is 503. The van der Waals surface area contributed by atoms with Gasteiger partial charge in [0.2, 0.25) is 0 Å². The number of ether oxygens (including phenoxy) is 1. The van der Waals surface area contributed by atoms with Gasteiger partial charge in [0.05, 0.1) is 12.0 Å². The van der Waals surface area contributed by atoms with E-state index in [9.17, 15) is 9.90 Å². The maximum absolute atomic E-state index is 11.6. The molecule has 2 aliphatic rings. The van der Waals surface area contributed by atoms with E-state index in [-0.39, 0.29) is 12.0 Å². The molecule has 0 bridgehead atoms. The lowest BCUT2D eigenvalue weighted by atomic mass is 9.84. The minimum atomic E-state index is -0.682. The van der Waals surface area contributed by atoms with Crippen LogP contribution in [-0.2, 0) is 28.8 Å². The number of hydrogen-bond donors (Lipinski definition) is 1. The molecule has 1 saturated heterocycles. The van der Waals surface area contributed by atoms with Crippen LogP contribution in [0.15, 0.2) is 18.2 Å². The topological polar surface area (TPSA) is 46.5 Å². The van der Waals surface area contributed by atoms with Crippen LogP contribution >= 0.6 is 0 Å². The average molecular weight is 288 g/mol. The highest BCUT2D eigenvalue weighted by Gasteiger charge is 2.27. The van der Waals surface area contributed by atoms with Crippen LogP contribution in [0, 0.1) is 5.92 Å². The second kappa shape index (κ2) is 6.61. The van der Waals surface area contributed by atoms with Gasteiger partial charge in [-0.1, -0.05) is 18.2 Å². The first-order chi connectivity index (χ1) is 10.2. The van der Waals surface area contributed by atoms with Crippen LogP contribution in [0.1, 0.15) is 48.8 Å². The van der Waals surface area contributed by atoms with Crippen LogP contribution in [0.3, 0.4) is 0 Å². The van der Waals surface area contributed by atoms with Crippen LogP contribution in [0.4, 0.5) is 0 Å². The highest BCUT2D eigenvalue weighted by molar-refractivity contribution is 5.70. The lowest BCUT2D eigenvalue weighted by molar-refractivity contribution is -0.142. The van der Waals surface area contributed by atoms with Crippen molar-refractivity contribution in [2.45, 2.75) is 57.5 Å². The number of rotatable bonds is 5. The van der Waals surface area contributed by atoms with Gasteiger partial charge < -0.3 is 9.84 Å². The van der Waals surface area contributed by atoms with Crippen LogP contribution < -0.4 is 0 Å². The van der Waals surface area contributed by atoms with E-state index in [1.54, 1.807) is 0 Å². The molecule has 0 spiro atoms. The second-order valence-electron chi connectivity index (χ2n) is 6.37. The second-order valence-corrected chi connectivity index (χ2v) is 6.37. The first-order valence-electron chi connectivity index (χ1n) is 8.18. The van der Waals surface area contributed by atoms with Crippen molar-refractivity contribution in [2.75, 3.05) is 6.61 Å². The summed E-state index contributed by atoms with van der Waals surface area (Å²) in [5, 5.41) is 9.54. The monoisotopic (exact) mass is 288 g/mol. The molecule has 3 heteroatoms. The molecule has 2 unspecified atom stereocenters. The summed E-state index contributed by atoms with van der Waals surface area (Å²) in [6.07, 6.45) is 8.27. The summed E-state index contributed by atoms with van der Waals surface area (Å²) >= 11 is 0. The fraction of sp³-hybridized carbons (Fsp3) is 0.611. The summed E-state index contributed by atoms with van der Waals surface area (Å²) < 4.78 is 5.62. The first-order valence-corrected chi connectivity index (χ1v) is 8.18. The van der Waals surface area contributed by atoms with Crippen LogP contribution in [0.5, 0.6) is 0 Å². The van der Waals surface area contributed by atoms with E-state index in [0.29, 0.717) is 12.8 Å². The highest BCUT2D eigenvalue weighted by atomic mass is 16.5. The van der Waals surface area contributed by atoms with Crippen molar-refractivity contribution in [1.29, 1.82) is 0 Å². The molecule has 2 atom stereocenters. The molecule has 114 valence electrons. The lowest BCUT2D eigenvalue weighted by Crippen LogP contribution is -2.23. The number of fused-ring (bicyclic) bond motifs is 1. The Hall–Kier alpha value is -1.35. The Labute approximate surface area is 126 Å². The van der Waals surface area contributed by atoms with E-state index in [0.717, 1.165) is 32.3 Å². The van der Waals surface area contributed by atoms with Gasteiger partial charge in [-0.3, -0.25) is 4.79 Å². The highest BCUT2D eigenvalue weighted by Crippen LogP contribution is 2.28. The molecule has 0 amide bonds. The van der Waals surface area contributed by atoms with Gasteiger partial charge in [-0.05, 0) is 68.1 Å². The molecule has 1 aliphatic carbocycles. The van der Waals surface area contributed by atoms with Crippen LogP contribution in [0.2, 0.25) is 0 Å². The molecule has 3 nitrogen and oxygen atoms in total. The maximum atomic E-state index is 11.6. The zero-order valence-corrected chi connectivity index (χ0v) is 12.5. The van der Waals surface area contributed by atoms with E-state index in [2.05, 4.69) is 18.2 Å². The van der Waals surface area contributed by atoms with Gasteiger partial charge in [0, 0.05) is 6.61 Å². The van der Waals surface area contributed by atoms with Gasteiger partial charge >= 0.3 is 5.97 Å². The predicted octanol–water partition coefficient (Wildman–Crippen LogP) is 3.38. The predicted molar refractivity (Wildman–Crippen MR) is 81.5 cm³/mol. The van der Waals surface area contributed by atoms with E-state index in [1.165, 1.54) is 29.5 Å². The summed E-state index contributed by atoms with van der Waals surface area (Å²) in [6.45, 7) is 0.789. The van der Waals surface area contributed by atoms with E-state index < -0.39 is 5.97 Å². The quantitative estimate of drug-likeness (QED) is 0.903. The molecule has 1 aliphatic heterocycles. The minimum absolute atomic E-state index is 0.144. The SMILES string of the molecule is O=C(O)C(Cc1cccc2c1CCCC2)CC1CCCO1. The Kier molecular flexibility index (Phi) is 4.59. The van der Waals surface area contributed by atoms with Crippen molar-refractivity contribution in [3.05, 3.63) is 34.9 Å². The molecule has 1 fully saturated rings. The van der Waals surface area contributed by atoms with Gasteiger partial charge in [0.25, 0.3) is 0 Å². The van der Waals surface area contributed by atoms with Gasteiger partial charge in [-0.25, -0.2) is 0 Å². The number of carboxylic acid groups (broad SMARTS) is 1. The molecule has 21 heavy (non-hydrogen) atoms. The summed E-state index contributed by atoms with van der Waals surface area (Å²) in [6, 6.07) is 6.41. The lowest BCUT2D eigenvalue weighted by Gasteiger charge is -2.22. The number of carbonyl (C=O) groups is 1. The van der Waals surface area contributed by atoms with E-state index >= 15 is 0 Å². The van der Waals surface area contributed by atoms with Crippen LogP contribution in [-0.4, -0.2) is 23.8 Å². The fourth-order valence-electron chi connectivity index (χ4n) is 3.74. The molecule has 0 saturated carbocycles. The first kappa shape index (κ1) is 14.6. The molecule has 1 aromatic carbocycles. The minimum Gasteiger partial charge on any atom is -0.481 e. The average Bonchev–Trinajstić information content (AvgIpc) is 3.00. The smallest absolute Gasteiger partial charge is 0.306 e. The van der Waals surface area contributed by atoms with Gasteiger partial charge in [0.15, 0.2) is 0 Å². The summed E-state index contributed by atoms with van der Waals surface area (Å²) in [7, 11) is 0. The Morgan fingerprint density at radius 3 is 2.90 bits per heavy atom. The fourth-order valence-corrected chi connectivity index (χ4v) is 3.74. The number of carboxylic acids is 1. The molecule has 3 rings (SSSR count). The number of aliphatic carboxylic acids is 1. The van der Waals surface area contributed by atoms with Crippen molar-refractivity contribution >= 4 is 5.97 Å². The van der Waals surface area contributed by atoms with Crippen molar-refractivity contribution in [2.24, 2.45) is 5.92 Å². The molecular weight excluding hydrogens is 264 g/mol. The summed E-state index contributed by atoms with van der Waals surface area (Å²) in [5.41, 5.74) is 4.10. The van der Waals surface area contributed by atoms with E-state index in [4.69, 9.17) is 4.74 Å². The number of aryl methyl sites for hydroxylation is 1. The maximum Gasteiger partial charge on any atom is 0.306 e. The third-order valence-electron chi connectivity index (χ3n) is 4.88. The standard InChI is InChI=1S/C18H24O3/c19-18(20)15(12-16-8-4-10-21-16)11-14-7-3-6-13-5-1-2-9-17(13)14/h3,6-7,15-16H,1-2,4-5,8-12H2,(H,19,20). The number of hydrogen-bond acceptors (Lipinski definition) is 2. The molecular formula is C18H24O3. The van der Waals surface area contributed by atoms with Crippen molar-refractivity contribution < 1.29 is 14.6 Å². The molecule has 1 N–H and O–H groups in total. The van der Waals surface area contributed by atoms with Crippen LogP contribution in [0.25, 0.3) is 0 Å². The normalized spacial score (nSPS) is 22.8. The van der Waals surface area contributed by atoms with Gasteiger partial charge in [-0.15, -0.1) is 0 Å². The largest absolute Gasteiger partial charge is 0.481 e. The van der Waals surface area contributed by atoms with Crippen molar-refractivity contribution in [3.8, 4) is 0 Å². The third-order valence-corrected chi connectivity index (χ3v) is 4.88. The summed E-state index contributed by atoms with van der Waals surface area (Å²) in [4.78, 5) is 11.6. The van der Waals surface area contributed by atoms with Gasteiger partial charge in [0.1, 0.15) is 0 Å². The van der Waals surface area contributed by atoms with Gasteiger partial charge in [-0.2, -0.15) is 0 Å². The molecule has 1 aromatic rings. The third kappa shape index (κ3) is 3.46. The van der Waals surface area contributed by atoms with Crippen molar-refractivity contribution in [1.82, 2.24) is 0 Å². The molecule has 0 radical (unpaired) electrons. The Balaban J connectivity index is 1.74. The summed E-state index contributed by atoms with van der Waals surface area (Å²) in [5.74, 6) is -1.000. The Morgan fingerprint density at radius 2 is 2.14 bits per heavy atom. The zero-order valence-electron chi connectivity index (χ0n) is 12.5. The Morgan fingerprint density at radius 1 is 1.29 bits per heavy atom. The van der Waals surface area contributed by atoms with Crippen molar-refractivity contribution in [3.63, 3.8) is 0 Å².